The molecular weight excluding hydrogens is 284 g/mol. The number of sulfonamides is 1. The van der Waals surface area contributed by atoms with E-state index in [2.05, 4.69) is 4.74 Å². The summed E-state index contributed by atoms with van der Waals surface area (Å²) >= 11 is 0. The van der Waals surface area contributed by atoms with Crippen molar-refractivity contribution in [1.29, 1.82) is 0 Å². The van der Waals surface area contributed by atoms with Crippen LogP contribution in [0, 0.1) is 11.6 Å². The molecule has 0 fully saturated rings. The summed E-state index contributed by atoms with van der Waals surface area (Å²) in [4.78, 5) is 9.81. The van der Waals surface area contributed by atoms with Crippen molar-refractivity contribution in [2.45, 2.75) is 10.9 Å². The Morgan fingerprint density at radius 1 is 1.47 bits per heavy atom. The Balaban J connectivity index is 3.10. The summed E-state index contributed by atoms with van der Waals surface area (Å²) in [5.41, 5.74) is 0. The van der Waals surface area contributed by atoms with Gasteiger partial charge in [-0.05, 0) is 18.2 Å². The molecule has 0 bridgehead atoms. The van der Waals surface area contributed by atoms with Gasteiger partial charge in [-0.1, -0.05) is 0 Å². The monoisotopic (exact) mass is 295 g/mol. The van der Waals surface area contributed by atoms with E-state index < -0.39 is 45.2 Å². The summed E-state index contributed by atoms with van der Waals surface area (Å²) in [6, 6.07) is 0.245. The molecule has 0 aromatic heterocycles. The zero-order valence-corrected chi connectivity index (χ0v) is 10.6. The summed E-state index contributed by atoms with van der Waals surface area (Å²) in [5.74, 6) is -3.64. The lowest BCUT2D eigenvalue weighted by Crippen LogP contribution is -2.43. The standard InChI is InChI=1S/C10H11F2NO5S/c1-18-5-8(10(14)15)13-19(16,17)9-4-6(11)2-3-7(9)12/h2-4,8,13H,5H2,1H3,(H,14,15). The first-order chi connectivity index (χ1) is 8.77. The number of carbonyl (C=O) groups is 1. The van der Waals surface area contributed by atoms with Crippen LogP contribution in [-0.2, 0) is 19.6 Å². The molecule has 1 unspecified atom stereocenters. The van der Waals surface area contributed by atoms with Gasteiger partial charge in [-0.15, -0.1) is 0 Å². The van der Waals surface area contributed by atoms with Crippen molar-refractivity contribution in [3.63, 3.8) is 0 Å². The molecule has 9 heteroatoms. The molecule has 0 aliphatic rings. The lowest BCUT2D eigenvalue weighted by Gasteiger charge is -2.14. The average molecular weight is 295 g/mol. The molecule has 0 aliphatic heterocycles. The molecule has 0 amide bonds. The van der Waals surface area contributed by atoms with Crippen LogP contribution in [0.15, 0.2) is 23.1 Å². The molecule has 1 aromatic rings. The maximum absolute atomic E-state index is 13.3. The van der Waals surface area contributed by atoms with Crippen LogP contribution < -0.4 is 4.72 Å². The molecule has 0 saturated heterocycles. The highest BCUT2D eigenvalue weighted by atomic mass is 32.2. The van der Waals surface area contributed by atoms with E-state index in [0.717, 1.165) is 6.07 Å². The van der Waals surface area contributed by atoms with Crippen molar-refractivity contribution in [3.05, 3.63) is 29.8 Å². The lowest BCUT2D eigenvalue weighted by molar-refractivity contribution is -0.140. The Labute approximate surface area is 108 Å². The van der Waals surface area contributed by atoms with E-state index in [-0.39, 0.29) is 0 Å². The number of carboxylic acids is 1. The van der Waals surface area contributed by atoms with Crippen molar-refractivity contribution in [2.75, 3.05) is 13.7 Å². The topological polar surface area (TPSA) is 92.7 Å². The van der Waals surface area contributed by atoms with Gasteiger partial charge in [0.1, 0.15) is 22.6 Å². The van der Waals surface area contributed by atoms with Crippen LogP contribution in [-0.4, -0.2) is 39.3 Å². The van der Waals surface area contributed by atoms with Gasteiger partial charge in [-0.3, -0.25) is 4.79 Å². The van der Waals surface area contributed by atoms with Crippen molar-refractivity contribution in [3.8, 4) is 0 Å². The van der Waals surface area contributed by atoms with Gasteiger partial charge in [0, 0.05) is 7.11 Å². The number of hydrogen-bond acceptors (Lipinski definition) is 4. The van der Waals surface area contributed by atoms with Crippen molar-refractivity contribution >= 4 is 16.0 Å². The Morgan fingerprint density at radius 2 is 2.11 bits per heavy atom. The predicted molar refractivity (Wildman–Crippen MR) is 60.0 cm³/mol. The summed E-state index contributed by atoms with van der Waals surface area (Å²) in [6.45, 7) is -0.453. The van der Waals surface area contributed by atoms with Crippen LogP contribution in [0.25, 0.3) is 0 Å². The zero-order chi connectivity index (χ0) is 14.6. The van der Waals surface area contributed by atoms with Crippen LogP contribution in [0.3, 0.4) is 0 Å². The molecule has 1 atom stereocenters. The quantitative estimate of drug-likeness (QED) is 0.789. The molecule has 19 heavy (non-hydrogen) atoms. The Hall–Kier alpha value is -1.58. The largest absolute Gasteiger partial charge is 0.480 e. The number of methoxy groups -OCH3 is 1. The molecular formula is C10H11F2NO5S. The smallest absolute Gasteiger partial charge is 0.324 e. The zero-order valence-electron chi connectivity index (χ0n) is 9.76. The van der Waals surface area contributed by atoms with E-state index in [9.17, 15) is 22.0 Å². The first kappa shape index (κ1) is 15.5. The first-order valence-electron chi connectivity index (χ1n) is 4.97. The molecule has 0 heterocycles. The maximum Gasteiger partial charge on any atom is 0.324 e. The van der Waals surface area contributed by atoms with Crippen molar-refractivity contribution in [2.24, 2.45) is 0 Å². The van der Waals surface area contributed by atoms with Crippen molar-refractivity contribution < 1.29 is 31.8 Å². The van der Waals surface area contributed by atoms with Crippen LogP contribution in [0.4, 0.5) is 8.78 Å². The Morgan fingerprint density at radius 3 is 2.63 bits per heavy atom. The molecule has 0 radical (unpaired) electrons. The first-order valence-corrected chi connectivity index (χ1v) is 6.45. The van der Waals surface area contributed by atoms with Gasteiger partial charge in [0.05, 0.1) is 6.61 Å². The van der Waals surface area contributed by atoms with E-state index in [1.165, 1.54) is 7.11 Å². The number of rotatable bonds is 6. The number of nitrogens with one attached hydrogen (secondary N) is 1. The molecule has 1 rings (SSSR count). The van der Waals surface area contributed by atoms with Gasteiger partial charge in [-0.25, -0.2) is 17.2 Å². The normalized spacial score (nSPS) is 13.2. The van der Waals surface area contributed by atoms with Gasteiger partial charge in [0.25, 0.3) is 0 Å². The van der Waals surface area contributed by atoms with Gasteiger partial charge in [0.2, 0.25) is 10.0 Å². The van der Waals surface area contributed by atoms with E-state index in [4.69, 9.17) is 5.11 Å². The van der Waals surface area contributed by atoms with Gasteiger partial charge in [0.15, 0.2) is 0 Å². The molecule has 106 valence electrons. The second kappa shape index (κ2) is 6.04. The van der Waals surface area contributed by atoms with Crippen LogP contribution in [0.5, 0.6) is 0 Å². The number of aliphatic carboxylic acids is 1. The predicted octanol–water partition coefficient (Wildman–Crippen LogP) is 0.343. The van der Waals surface area contributed by atoms with Gasteiger partial charge < -0.3 is 9.84 Å². The fourth-order valence-electron chi connectivity index (χ4n) is 1.26. The Kier molecular flexibility index (Phi) is 4.92. The SMILES string of the molecule is COCC(NS(=O)(=O)c1cc(F)ccc1F)C(=O)O. The van der Waals surface area contributed by atoms with Crippen LogP contribution >= 0.6 is 0 Å². The molecule has 0 aliphatic carbocycles. The number of ether oxygens (including phenoxy) is 1. The lowest BCUT2D eigenvalue weighted by atomic mass is 10.3. The van der Waals surface area contributed by atoms with E-state index >= 15 is 0 Å². The molecule has 6 nitrogen and oxygen atoms in total. The highest BCUT2D eigenvalue weighted by molar-refractivity contribution is 7.89. The number of halogens is 2. The second-order valence-electron chi connectivity index (χ2n) is 3.54. The van der Waals surface area contributed by atoms with Crippen molar-refractivity contribution in [1.82, 2.24) is 4.72 Å². The molecule has 0 spiro atoms. The fourth-order valence-corrected chi connectivity index (χ4v) is 2.52. The molecule has 2 N–H and O–H groups in total. The minimum atomic E-state index is -4.51. The molecule has 0 saturated carbocycles. The number of hydrogen-bond donors (Lipinski definition) is 2. The van der Waals surface area contributed by atoms with Crippen LogP contribution in [0.1, 0.15) is 0 Å². The summed E-state index contributed by atoms with van der Waals surface area (Å²) in [5, 5.41) is 8.76. The highest BCUT2D eigenvalue weighted by Gasteiger charge is 2.27. The third-order valence-electron chi connectivity index (χ3n) is 2.11. The minimum Gasteiger partial charge on any atom is -0.480 e. The second-order valence-corrected chi connectivity index (χ2v) is 5.22. The number of carboxylic acid groups (broad SMARTS) is 1. The number of benzene rings is 1. The minimum absolute atomic E-state index is 0.453. The van der Waals surface area contributed by atoms with Gasteiger partial charge in [-0.2, -0.15) is 4.72 Å². The van der Waals surface area contributed by atoms with Gasteiger partial charge >= 0.3 is 5.97 Å². The summed E-state index contributed by atoms with van der Waals surface area (Å²) in [7, 11) is -3.33. The van der Waals surface area contributed by atoms with E-state index in [1.807, 2.05) is 0 Å². The van der Waals surface area contributed by atoms with E-state index in [1.54, 1.807) is 4.72 Å². The third kappa shape index (κ3) is 3.94. The fraction of sp³-hybridized carbons (Fsp3) is 0.300. The van der Waals surface area contributed by atoms with E-state index in [0.29, 0.717) is 12.1 Å². The molecule has 1 aromatic carbocycles. The van der Waals surface area contributed by atoms with Crippen LogP contribution in [0.2, 0.25) is 0 Å². The Bertz CT molecular complexity index is 575. The maximum atomic E-state index is 13.3. The summed E-state index contributed by atoms with van der Waals surface area (Å²) in [6.07, 6.45) is 0. The highest BCUT2D eigenvalue weighted by Crippen LogP contribution is 2.16. The summed E-state index contributed by atoms with van der Waals surface area (Å²) < 4.78 is 56.0. The average Bonchev–Trinajstić information content (AvgIpc) is 2.31. The third-order valence-corrected chi connectivity index (χ3v) is 3.60.